The largest absolute Gasteiger partial charge is 0.382 e. The van der Waals surface area contributed by atoms with Crippen LogP contribution in [0.5, 0.6) is 0 Å². The van der Waals surface area contributed by atoms with Crippen molar-refractivity contribution in [3.8, 4) is 0 Å². The molecule has 2 aromatic heterocycles. The Hall–Kier alpha value is -3.38. The molecule has 1 unspecified atom stereocenters. The first-order valence-corrected chi connectivity index (χ1v) is 13.0. The van der Waals surface area contributed by atoms with Crippen LogP contribution in [0.4, 0.5) is 25.5 Å². The van der Waals surface area contributed by atoms with Crippen molar-refractivity contribution in [3.05, 3.63) is 57.4 Å². The smallest absolute Gasteiger partial charge is 0.308 e. The molecule has 1 aromatic carbocycles. The average Bonchev–Trinajstić information content (AvgIpc) is 3.36. The molecule has 194 valence electrons. The van der Waals surface area contributed by atoms with E-state index in [1.165, 1.54) is 22.9 Å². The zero-order valence-corrected chi connectivity index (χ0v) is 21.2. The third kappa shape index (κ3) is 3.89. The van der Waals surface area contributed by atoms with Gasteiger partial charge in [0.1, 0.15) is 11.5 Å². The van der Waals surface area contributed by atoms with Crippen LogP contribution in [0.25, 0.3) is 0 Å². The van der Waals surface area contributed by atoms with Crippen LogP contribution in [0, 0.1) is 12.3 Å². The van der Waals surface area contributed by atoms with Crippen molar-refractivity contribution in [3.63, 3.8) is 0 Å². The van der Waals surface area contributed by atoms with Crippen LogP contribution in [0.1, 0.15) is 56.6 Å². The van der Waals surface area contributed by atoms with Gasteiger partial charge in [0.15, 0.2) is 16.6 Å². The zero-order chi connectivity index (χ0) is 26.1. The summed E-state index contributed by atoms with van der Waals surface area (Å²) in [6, 6.07) is 6.53. The molecule has 6 rings (SSSR count). The van der Waals surface area contributed by atoms with Gasteiger partial charge in [0, 0.05) is 19.1 Å². The Morgan fingerprint density at radius 1 is 1.19 bits per heavy atom. The average molecular weight is 527 g/mol. The van der Waals surface area contributed by atoms with E-state index >= 15 is 0 Å². The van der Waals surface area contributed by atoms with Crippen molar-refractivity contribution in [1.29, 1.82) is 0 Å². The minimum Gasteiger partial charge on any atom is -0.382 e. The Morgan fingerprint density at radius 2 is 1.95 bits per heavy atom. The number of nitrogens with two attached hydrogens (primary N) is 3. The quantitative estimate of drug-likeness (QED) is 0.463. The standard InChI is InChI=1S/C25H28F2N8OS/c1-13-2-3-14-9-24(19(28)15(14)8-13)4-6-34(7-5-24)17-10-31-18(21(29)32-17)22(36)35-11-16-20(25(26,27)12-35)33-23(30)37-16/h2-3,8,10,19H,4-7,9,11-12,28H2,1H3,(H2,29,32)(H2,30,33). The summed E-state index contributed by atoms with van der Waals surface area (Å²) in [7, 11) is 0. The Kier molecular flexibility index (Phi) is 5.39. The maximum Gasteiger partial charge on any atom is 0.308 e. The fourth-order valence-corrected chi connectivity index (χ4v) is 6.87. The summed E-state index contributed by atoms with van der Waals surface area (Å²) in [5, 5.41) is 0.0449. The minimum absolute atomic E-state index is 0.00205. The summed E-state index contributed by atoms with van der Waals surface area (Å²) in [6.07, 6.45) is 4.25. The number of nitrogen functional groups attached to an aromatic ring is 2. The first-order chi connectivity index (χ1) is 17.6. The molecule has 0 radical (unpaired) electrons. The van der Waals surface area contributed by atoms with E-state index in [0.29, 0.717) is 5.82 Å². The summed E-state index contributed by atoms with van der Waals surface area (Å²) in [6.45, 7) is 2.70. The molecule has 1 saturated heterocycles. The molecule has 1 spiro atoms. The van der Waals surface area contributed by atoms with Crippen LogP contribution >= 0.6 is 11.3 Å². The van der Waals surface area contributed by atoms with Crippen molar-refractivity contribution in [2.75, 3.05) is 36.0 Å². The number of alkyl halides is 2. The number of aromatic nitrogens is 3. The number of rotatable bonds is 2. The number of benzene rings is 1. The van der Waals surface area contributed by atoms with Gasteiger partial charge in [-0.05, 0) is 42.7 Å². The van der Waals surface area contributed by atoms with E-state index in [9.17, 15) is 13.6 Å². The van der Waals surface area contributed by atoms with Gasteiger partial charge in [-0.25, -0.2) is 15.0 Å². The number of thiazole rings is 1. The number of hydrogen-bond donors (Lipinski definition) is 3. The van der Waals surface area contributed by atoms with Gasteiger partial charge in [-0.3, -0.25) is 4.79 Å². The summed E-state index contributed by atoms with van der Waals surface area (Å²) in [4.78, 5) is 28.9. The predicted molar refractivity (Wildman–Crippen MR) is 137 cm³/mol. The van der Waals surface area contributed by atoms with E-state index in [-0.39, 0.29) is 45.2 Å². The number of halogens is 2. The lowest BCUT2D eigenvalue weighted by Crippen LogP contribution is -2.45. The predicted octanol–water partition coefficient (Wildman–Crippen LogP) is 3.00. The number of fused-ring (bicyclic) bond motifs is 2. The summed E-state index contributed by atoms with van der Waals surface area (Å²) in [5.74, 6) is -3.52. The third-order valence-electron chi connectivity index (χ3n) is 7.98. The summed E-state index contributed by atoms with van der Waals surface area (Å²) >= 11 is 0.949. The first kappa shape index (κ1) is 24.0. The van der Waals surface area contributed by atoms with Crippen molar-refractivity contribution < 1.29 is 13.6 Å². The monoisotopic (exact) mass is 526 g/mol. The van der Waals surface area contributed by atoms with E-state index in [4.69, 9.17) is 17.2 Å². The van der Waals surface area contributed by atoms with Crippen LogP contribution in [-0.2, 0) is 18.9 Å². The fraction of sp³-hybridized carbons (Fsp3) is 0.440. The van der Waals surface area contributed by atoms with Crippen LogP contribution < -0.4 is 22.1 Å². The number of carbonyl (C=O) groups is 1. The highest BCUT2D eigenvalue weighted by Gasteiger charge is 2.47. The zero-order valence-electron chi connectivity index (χ0n) is 20.4. The number of nitrogens with zero attached hydrogens (tertiary/aromatic N) is 5. The molecule has 1 aliphatic carbocycles. The second-order valence-corrected chi connectivity index (χ2v) is 11.5. The second kappa shape index (κ2) is 8.32. The molecule has 3 aromatic rings. The maximum atomic E-state index is 14.6. The fourth-order valence-electron chi connectivity index (χ4n) is 5.96. The van der Waals surface area contributed by atoms with Gasteiger partial charge in [0.05, 0.1) is 24.2 Å². The van der Waals surface area contributed by atoms with E-state index in [0.717, 1.165) is 48.6 Å². The van der Waals surface area contributed by atoms with E-state index in [1.807, 2.05) is 0 Å². The van der Waals surface area contributed by atoms with Gasteiger partial charge in [-0.2, -0.15) is 8.78 Å². The van der Waals surface area contributed by atoms with Crippen molar-refractivity contribution >= 4 is 34.0 Å². The Bertz CT molecular complexity index is 1400. The first-order valence-electron chi connectivity index (χ1n) is 12.2. The lowest BCUT2D eigenvalue weighted by Gasteiger charge is -2.42. The van der Waals surface area contributed by atoms with Crippen LogP contribution in [-0.4, -0.2) is 45.4 Å². The Morgan fingerprint density at radius 3 is 2.68 bits per heavy atom. The Balaban J connectivity index is 1.16. The Labute approximate surface area is 216 Å². The van der Waals surface area contributed by atoms with E-state index in [2.05, 4.69) is 45.0 Å². The van der Waals surface area contributed by atoms with Gasteiger partial charge in [0.2, 0.25) is 0 Å². The lowest BCUT2D eigenvalue weighted by atomic mass is 9.73. The highest BCUT2D eigenvalue weighted by Crippen LogP contribution is 2.51. The second-order valence-electron chi connectivity index (χ2n) is 10.4. The summed E-state index contributed by atoms with van der Waals surface area (Å²) < 4.78 is 29.2. The number of aryl methyl sites for hydroxylation is 1. The molecule has 0 bridgehead atoms. The number of amides is 1. The molecular weight excluding hydrogens is 498 g/mol. The van der Waals surface area contributed by atoms with Crippen LogP contribution in [0.3, 0.4) is 0 Å². The molecule has 4 heterocycles. The molecule has 6 N–H and O–H groups in total. The molecule has 12 heteroatoms. The molecule has 1 atom stereocenters. The number of carbonyl (C=O) groups excluding carboxylic acids is 1. The molecule has 1 amide bonds. The molecule has 37 heavy (non-hydrogen) atoms. The van der Waals surface area contributed by atoms with Crippen molar-refractivity contribution in [1.82, 2.24) is 19.9 Å². The molecular formula is C25H28F2N8OS. The van der Waals surface area contributed by atoms with Crippen molar-refractivity contribution in [2.24, 2.45) is 11.1 Å². The lowest BCUT2D eigenvalue weighted by molar-refractivity contribution is -0.0478. The number of anilines is 3. The number of hydrogen-bond acceptors (Lipinski definition) is 9. The van der Waals surface area contributed by atoms with Gasteiger partial charge in [0.25, 0.3) is 5.91 Å². The molecule has 3 aliphatic rings. The summed E-state index contributed by atoms with van der Waals surface area (Å²) in [5.41, 5.74) is 21.8. The van der Waals surface area contributed by atoms with Gasteiger partial charge < -0.3 is 27.0 Å². The third-order valence-corrected chi connectivity index (χ3v) is 8.85. The molecule has 0 saturated carbocycles. The SMILES string of the molecule is Cc1ccc2c(c1)C(N)C1(CCN(c3cnc(C(=O)N4Cc5sc(N)nc5C(F)(F)C4)c(N)n3)CC1)C2. The van der Waals surface area contributed by atoms with E-state index < -0.39 is 18.4 Å². The maximum absolute atomic E-state index is 14.6. The van der Waals surface area contributed by atoms with Gasteiger partial charge >= 0.3 is 5.92 Å². The minimum atomic E-state index is -3.30. The van der Waals surface area contributed by atoms with Gasteiger partial charge in [-0.1, -0.05) is 35.1 Å². The van der Waals surface area contributed by atoms with Crippen LogP contribution in [0.15, 0.2) is 24.4 Å². The van der Waals surface area contributed by atoms with Crippen LogP contribution in [0.2, 0.25) is 0 Å². The van der Waals surface area contributed by atoms with Gasteiger partial charge in [-0.15, -0.1) is 0 Å². The van der Waals surface area contributed by atoms with E-state index in [1.54, 1.807) is 0 Å². The highest BCUT2D eigenvalue weighted by atomic mass is 32.1. The topological polar surface area (TPSA) is 140 Å². The normalized spacial score (nSPS) is 21.7. The van der Waals surface area contributed by atoms with Crippen molar-refractivity contribution in [2.45, 2.75) is 44.7 Å². The number of piperidine rings is 1. The highest BCUT2D eigenvalue weighted by molar-refractivity contribution is 7.15. The molecule has 2 aliphatic heterocycles. The molecule has 9 nitrogen and oxygen atoms in total. The molecule has 1 fully saturated rings.